The zero-order valence-electron chi connectivity index (χ0n) is 11.5. The largest absolute Gasteiger partial charge is 0.316 e. The molecule has 1 aromatic carbocycles. The molecule has 0 saturated carbocycles. The number of hydrogen-bond donors (Lipinski definition) is 1. The minimum atomic E-state index is 0.828. The average Bonchev–Trinajstić information content (AvgIpc) is 2.40. The molecule has 1 atom stereocenters. The third kappa shape index (κ3) is 4.30. The van der Waals surface area contributed by atoms with E-state index in [0.717, 1.165) is 12.5 Å². The molecule has 0 amide bonds. The lowest BCUT2D eigenvalue weighted by atomic mass is 9.99. The number of nitrogens with one attached hydrogen (secondary N) is 1. The van der Waals surface area contributed by atoms with Crippen molar-refractivity contribution in [2.75, 3.05) is 32.9 Å². The van der Waals surface area contributed by atoms with Gasteiger partial charge < -0.3 is 10.2 Å². The predicted octanol–water partition coefficient (Wildman–Crippen LogP) is 2.84. The average molecular weight is 264 g/mol. The molecule has 1 heterocycles. The maximum atomic E-state index is 3.49. The third-order valence-corrected chi connectivity index (χ3v) is 4.32. The summed E-state index contributed by atoms with van der Waals surface area (Å²) in [5.41, 5.74) is 1.42. The van der Waals surface area contributed by atoms with Gasteiger partial charge in [-0.1, -0.05) is 12.1 Å². The molecule has 1 N–H and O–H groups in total. The van der Waals surface area contributed by atoms with Gasteiger partial charge in [-0.15, -0.1) is 11.8 Å². The van der Waals surface area contributed by atoms with Gasteiger partial charge in [0.1, 0.15) is 0 Å². The molecule has 0 aliphatic carbocycles. The second-order valence-electron chi connectivity index (χ2n) is 5.26. The number of rotatable bonds is 5. The van der Waals surface area contributed by atoms with Gasteiger partial charge in [0, 0.05) is 18.0 Å². The lowest BCUT2D eigenvalue weighted by Crippen LogP contribution is -2.36. The van der Waals surface area contributed by atoms with Crippen LogP contribution < -0.4 is 5.32 Å². The van der Waals surface area contributed by atoms with Crippen molar-refractivity contribution in [3.05, 3.63) is 29.8 Å². The minimum Gasteiger partial charge on any atom is -0.316 e. The van der Waals surface area contributed by atoms with E-state index >= 15 is 0 Å². The summed E-state index contributed by atoms with van der Waals surface area (Å²) in [5.74, 6) is 0.828. The normalized spacial score (nSPS) is 20.3. The minimum absolute atomic E-state index is 0.828. The Balaban J connectivity index is 1.80. The Kier molecular flexibility index (Phi) is 5.54. The third-order valence-electron chi connectivity index (χ3n) is 3.58. The van der Waals surface area contributed by atoms with Crippen LogP contribution in [0.1, 0.15) is 18.4 Å². The van der Waals surface area contributed by atoms with Crippen molar-refractivity contribution >= 4 is 11.8 Å². The Morgan fingerprint density at radius 1 is 1.33 bits per heavy atom. The topological polar surface area (TPSA) is 15.3 Å². The zero-order valence-corrected chi connectivity index (χ0v) is 12.3. The number of thioether (sulfide) groups is 1. The number of nitrogens with zero attached hydrogens (tertiary/aromatic N) is 1. The highest BCUT2D eigenvalue weighted by atomic mass is 32.2. The molecule has 100 valence electrons. The van der Waals surface area contributed by atoms with Crippen molar-refractivity contribution in [1.29, 1.82) is 0 Å². The second-order valence-corrected chi connectivity index (χ2v) is 6.14. The van der Waals surface area contributed by atoms with Gasteiger partial charge in [-0.3, -0.25) is 0 Å². The number of hydrogen-bond acceptors (Lipinski definition) is 3. The first-order valence-corrected chi connectivity index (χ1v) is 8.02. The summed E-state index contributed by atoms with van der Waals surface area (Å²) in [5, 5.41) is 3.49. The van der Waals surface area contributed by atoms with E-state index in [4.69, 9.17) is 0 Å². The van der Waals surface area contributed by atoms with Gasteiger partial charge in [-0.2, -0.15) is 0 Å². The highest BCUT2D eigenvalue weighted by molar-refractivity contribution is 7.98. The molecule has 1 aromatic rings. The monoisotopic (exact) mass is 264 g/mol. The summed E-state index contributed by atoms with van der Waals surface area (Å²) in [7, 11) is 2.23. The first kappa shape index (κ1) is 13.9. The Morgan fingerprint density at radius 2 is 2.11 bits per heavy atom. The predicted molar refractivity (Wildman–Crippen MR) is 80.2 cm³/mol. The van der Waals surface area contributed by atoms with Crippen LogP contribution in [0.4, 0.5) is 0 Å². The van der Waals surface area contributed by atoms with Gasteiger partial charge in [0.2, 0.25) is 0 Å². The van der Waals surface area contributed by atoms with Gasteiger partial charge in [0.05, 0.1) is 0 Å². The number of benzene rings is 1. The van der Waals surface area contributed by atoms with Gasteiger partial charge in [0.15, 0.2) is 0 Å². The van der Waals surface area contributed by atoms with Crippen LogP contribution in [-0.2, 0) is 6.54 Å². The van der Waals surface area contributed by atoms with Crippen LogP contribution in [0.25, 0.3) is 0 Å². The summed E-state index contributed by atoms with van der Waals surface area (Å²) in [6.07, 6.45) is 4.83. The lowest BCUT2D eigenvalue weighted by molar-refractivity contribution is 0.237. The van der Waals surface area contributed by atoms with Crippen LogP contribution in [-0.4, -0.2) is 37.8 Å². The molecule has 1 aliphatic heterocycles. The van der Waals surface area contributed by atoms with E-state index in [9.17, 15) is 0 Å². The molecular weight excluding hydrogens is 240 g/mol. The summed E-state index contributed by atoms with van der Waals surface area (Å²) < 4.78 is 0. The van der Waals surface area contributed by atoms with Crippen molar-refractivity contribution in [2.45, 2.75) is 24.3 Å². The van der Waals surface area contributed by atoms with Gasteiger partial charge in [0.25, 0.3) is 0 Å². The Labute approximate surface area is 115 Å². The maximum Gasteiger partial charge on any atom is 0.0230 e. The fourth-order valence-corrected chi connectivity index (χ4v) is 3.04. The van der Waals surface area contributed by atoms with E-state index in [0.29, 0.717) is 0 Å². The van der Waals surface area contributed by atoms with E-state index in [1.165, 1.54) is 42.9 Å². The summed E-state index contributed by atoms with van der Waals surface area (Å²) >= 11 is 1.80. The number of piperidine rings is 1. The van der Waals surface area contributed by atoms with Crippen LogP contribution in [0.2, 0.25) is 0 Å². The summed E-state index contributed by atoms with van der Waals surface area (Å²) in [6, 6.07) is 8.94. The van der Waals surface area contributed by atoms with E-state index in [1.54, 1.807) is 11.8 Å². The first-order valence-electron chi connectivity index (χ1n) is 6.80. The van der Waals surface area contributed by atoms with Crippen LogP contribution in [0.15, 0.2) is 29.2 Å². The lowest BCUT2D eigenvalue weighted by Gasteiger charge is -2.27. The van der Waals surface area contributed by atoms with Crippen LogP contribution >= 0.6 is 11.8 Å². The quantitative estimate of drug-likeness (QED) is 0.823. The smallest absolute Gasteiger partial charge is 0.0230 e. The molecule has 2 rings (SSSR count). The fourth-order valence-electron chi connectivity index (χ4n) is 2.63. The van der Waals surface area contributed by atoms with E-state index in [2.05, 4.69) is 47.8 Å². The molecule has 1 fully saturated rings. The van der Waals surface area contributed by atoms with Gasteiger partial charge in [-0.05, 0) is 62.8 Å². The van der Waals surface area contributed by atoms with Gasteiger partial charge >= 0.3 is 0 Å². The Bertz CT molecular complexity index is 344. The maximum absolute atomic E-state index is 3.49. The second kappa shape index (κ2) is 7.17. The van der Waals surface area contributed by atoms with Crippen molar-refractivity contribution in [1.82, 2.24) is 10.2 Å². The molecule has 2 nitrogen and oxygen atoms in total. The van der Waals surface area contributed by atoms with Crippen LogP contribution in [0, 0.1) is 5.92 Å². The molecule has 1 saturated heterocycles. The van der Waals surface area contributed by atoms with Gasteiger partial charge in [-0.25, -0.2) is 0 Å². The molecule has 0 spiro atoms. The highest BCUT2D eigenvalue weighted by Gasteiger charge is 2.14. The van der Waals surface area contributed by atoms with Crippen molar-refractivity contribution in [3.8, 4) is 0 Å². The first-order chi connectivity index (χ1) is 8.78. The molecule has 1 unspecified atom stereocenters. The Hall–Kier alpha value is -0.510. The molecule has 0 aromatic heterocycles. The SMILES string of the molecule is CSc1ccc(CN(C)CC2CCCNC2)cc1. The van der Waals surface area contributed by atoms with E-state index in [-0.39, 0.29) is 0 Å². The Morgan fingerprint density at radius 3 is 2.72 bits per heavy atom. The van der Waals surface area contributed by atoms with Crippen molar-refractivity contribution in [2.24, 2.45) is 5.92 Å². The fraction of sp³-hybridized carbons (Fsp3) is 0.600. The van der Waals surface area contributed by atoms with Crippen molar-refractivity contribution < 1.29 is 0 Å². The molecule has 0 bridgehead atoms. The molecule has 18 heavy (non-hydrogen) atoms. The van der Waals surface area contributed by atoms with E-state index < -0.39 is 0 Å². The molecular formula is C15H24N2S. The van der Waals surface area contributed by atoms with E-state index in [1.807, 2.05) is 0 Å². The molecule has 0 radical (unpaired) electrons. The zero-order chi connectivity index (χ0) is 12.8. The highest BCUT2D eigenvalue weighted by Crippen LogP contribution is 2.17. The summed E-state index contributed by atoms with van der Waals surface area (Å²) in [6.45, 7) is 4.66. The molecule has 1 aliphatic rings. The standard InChI is InChI=1S/C15H24N2S/c1-17(12-14-4-3-9-16-10-14)11-13-5-7-15(18-2)8-6-13/h5-8,14,16H,3-4,9-12H2,1-2H3. The van der Waals surface area contributed by atoms with Crippen molar-refractivity contribution in [3.63, 3.8) is 0 Å². The van der Waals surface area contributed by atoms with Crippen LogP contribution in [0.5, 0.6) is 0 Å². The summed E-state index contributed by atoms with van der Waals surface area (Å²) in [4.78, 5) is 3.80. The van der Waals surface area contributed by atoms with Crippen LogP contribution in [0.3, 0.4) is 0 Å². The molecule has 3 heteroatoms.